The molecular weight excluding hydrogens is 586 g/mol. The van der Waals surface area contributed by atoms with E-state index in [1.165, 1.54) is 7.11 Å². The largest absolute Gasteiger partial charge is 0.465 e. The van der Waals surface area contributed by atoms with E-state index >= 15 is 14.4 Å². The molecule has 2 bridgehead atoms. The number of Topliss-reactive ketones (excluding diaryl/α,β-unsaturated/α-hetero) is 1. The summed E-state index contributed by atoms with van der Waals surface area (Å²) >= 11 is 0. The van der Waals surface area contributed by atoms with Crippen LogP contribution in [0.5, 0.6) is 0 Å². The van der Waals surface area contributed by atoms with Gasteiger partial charge in [-0.2, -0.15) is 0 Å². The molecule has 0 aromatic heterocycles. The number of anilines is 1. The van der Waals surface area contributed by atoms with Crippen LogP contribution in [0.2, 0.25) is 0 Å². The van der Waals surface area contributed by atoms with Gasteiger partial charge in [0.15, 0.2) is 5.78 Å². The van der Waals surface area contributed by atoms with Crippen LogP contribution in [0.3, 0.4) is 0 Å². The van der Waals surface area contributed by atoms with Crippen molar-refractivity contribution in [1.82, 2.24) is 0 Å². The average Bonchev–Trinajstić information content (AvgIpc) is 3.64. The Morgan fingerprint density at radius 1 is 0.553 bits per heavy atom. The summed E-state index contributed by atoms with van der Waals surface area (Å²) in [5.74, 6) is -4.07. The van der Waals surface area contributed by atoms with Crippen molar-refractivity contribution in [3.63, 3.8) is 0 Å². The summed E-state index contributed by atoms with van der Waals surface area (Å²) in [7, 11) is 1.26. The van der Waals surface area contributed by atoms with Crippen LogP contribution < -0.4 is 4.90 Å². The Morgan fingerprint density at radius 3 is 1.36 bits per heavy atom. The number of para-hydroxylation sites is 1. The number of amides is 2. The van der Waals surface area contributed by atoms with Gasteiger partial charge in [-0.1, -0.05) is 133 Å². The van der Waals surface area contributed by atoms with Crippen LogP contribution in [0.1, 0.15) is 32.6 Å². The van der Waals surface area contributed by atoms with E-state index in [1.807, 2.05) is 121 Å². The molecule has 6 nitrogen and oxygen atoms in total. The predicted molar refractivity (Wildman–Crippen MR) is 178 cm³/mol. The number of rotatable bonds is 6. The van der Waals surface area contributed by atoms with Gasteiger partial charge < -0.3 is 4.74 Å². The number of ether oxygens (including phenoxy) is 1. The number of nitrogens with zero attached hydrogens (tertiary/aromatic N) is 1. The normalized spacial score (nSPS) is 24.5. The number of benzene rings is 5. The fourth-order valence-electron chi connectivity index (χ4n) is 8.52. The Labute approximate surface area is 271 Å². The second-order valence-corrected chi connectivity index (χ2v) is 12.1. The van der Waals surface area contributed by atoms with Crippen molar-refractivity contribution in [3.8, 4) is 0 Å². The molecule has 3 aliphatic rings. The summed E-state index contributed by atoms with van der Waals surface area (Å²) in [6.45, 7) is 0. The first-order valence-electron chi connectivity index (χ1n) is 15.6. The zero-order valence-electron chi connectivity index (χ0n) is 25.5. The van der Waals surface area contributed by atoms with Gasteiger partial charge in [0.1, 0.15) is 0 Å². The van der Waals surface area contributed by atoms with Crippen molar-refractivity contribution >= 4 is 40.4 Å². The fraction of sp³-hybridized carbons (Fsp3) is 0.122. The molecule has 1 aliphatic heterocycles. The summed E-state index contributed by atoms with van der Waals surface area (Å²) in [5, 5.41) is 0. The maximum absolute atomic E-state index is 15.9. The molecule has 4 atom stereocenters. The lowest BCUT2D eigenvalue weighted by Crippen LogP contribution is -2.46. The molecule has 0 radical (unpaired) electrons. The van der Waals surface area contributed by atoms with E-state index in [2.05, 4.69) is 0 Å². The van der Waals surface area contributed by atoms with Gasteiger partial charge in [0, 0.05) is 0 Å². The molecule has 47 heavy (non-hydrogen) atoms. The maximum Gasteiger partial charge on any atom is 0.339 e. The first kappa shape index (κ1) is 28.6. The van der Waals surface area contributed by atoms with Gasteiger partial charge in [0.25, 0.3) is 0 Å². The fourth-order valence-corrected chi connectivity index (χ4v) is 8.52. The van der Waals surface area contributed by atoms with E-state index in [0.717, 1.165) is 27.2 Å². The summed E-state index contributed by atoms with van der Waals surface area (Å²) in [6, 6.07) is 44.6. The predicted octanol–water partition coefficient (Wildman–Crippen LogP) is 6.66. The van der Waals surface area contributed by atoms with Gasteiger partial charge in [-0.05, 0) is 45.5 Å². The molecule has 1 heterocycles. The number of fused-ring (bicyclic) bond motifs is 5. The quantitative estimate of drug-likeness (QED) is 0.158. The highest BCUT2D eigenvalue weighted by Gasteiger charge is 2.82. The summed E-state index contributed by atoms with van der Waals surface area (Å²) in [4.78, 5) is 60.3. The molecule has 0 N–H and O–H groups in total. The van der Waals surface area contributed by atoms with Gasteiger partial charge in [0.05, 0.1) is 41.0 Å². The Kier molecular flexibility index (Phi) is 6.44. The van der Waals surface area contributed by atoms with Gasteiger partial charge >= 0.3 is 5.97 Å². The smallest absolute Gasteiger partial charge is 0.339 e. The van der Waals surface area contributed by atoms with Gasteiger partial charge in [-0.15, -0.1) is 0 Å². The van der Waals surface area contributed by atoms with E-state index in [9.17, 15) is 4.79 Å². The average molecular weight is 616 g/mol. The number of allylic oxidation sites excluding steroid dienone is 2. The topological polar surface area (TPSA) is 80.8 Å². The number of carbonyl (C=O) groups excluding carboxylic acids is 4. The summed E-state index contributed by atoms with van der Waals surface area (Å²) in [5.41, 5.74) is 1.53. The minimum Gasteiger partial charge on any atom is -0.465 e. The molecule has 0 spiro atoms. The first-order chi connectivity index (χ1) is 23.0. The van der Waals surface area contributed by atoms with Crippen LogP contribution in [0.4, 0.5) is 5.69 Å². The highest BCUT2D eigenvalue weighted by atomic mass is 16.5. The lowest BCUT2D eigenvalue weighted by Gasteiger charge is -2.39. The number of carbonyl (C=O) groups is 4. The molecule has 8 rings (SSSR count). The lowest BCUT2D eigenvalue weighted by molar-refractivity contribution is -0.130. The molecule has 2 fully saturated rings. The van der Waals surface area contributed by atoms with E-state index < -0.39 is 40.4 Å². The standard InChI is InChI=1S/C41H29NO5/c1-47-38(45)30-24-14-15-25-31(30)42-36(43)34-35(37(42)44)41(29-22-12-5-13-23-29)33(27-18-8-3-9-19-27)32(26-16-6-2-7-17-26)40(34,39(41)46)28-20-10-4-11-21-28/h2-25,34-35H,1H3/t34-,35-,40+,41+/m1/s1. The van der Waals surface area contributed by atoms with Gasteiger partial charge in [0.2, 0.25) is 11.8 Å². The first-order valence-corrected chi connectivity index (χ1v) is 15.6. The minimum absolute atomic E-state index is 0.0948. The van der Waals surface area contributed by atoms with E-state index in [4.69, 9.17) is 4.74 Å². The SMILES string of the molecule is COC(=O)c1ccccc1N1C(=O)[C@H]2[C@H](C1=O)[C@@]1(c3ccccc3)C(=O)[C@@]2(c2ccccc2)C(c2ccccc2)=C1c1ccccc1. The lowest BCUT2D eigenvalue weighted by atomic mass is 9.59. The van der Waals surface area contributed by atoms with Crippen LogP contribution >= 0.6 is 0 Å². The monoisotopic (exact) mass is 615 g/mol. The van der Waals surface area contributed by atoms with Crippen molar-refractivity contribution in [3.05, 3.63) is 173 Å². The van der Waals surface area contributed by atoms with Crippen LogP contribution in [-0.4, -0.2) is 30.7 Å². The number of hydrogen-bond acceptors (Lipinski definition) is 5. The minimum atomic E-state index is -1.52. The van der Waals surface area contributed by atoms with Crippen molar-refractivity contribution in [1.29, 1.82) is 0 Å². The Balaban J connectivity index is 1.54. The van der Waals surface area contributed by atoms with Crippen LogP contribution in [0.15, 0.2) is 146 Å². The Bertz CT molecular complexity index is 1990. The van der Waals surface area contributed by atoms with Crippen molar-refractivity contribution in [2.24, 2.45) is 11.8 Å². The van der Waals surface area contributed by atoms with Crippen molar-refractivity contribution in [2.75, 3.05) is 12.0 Å². The molecule has 2 amide bonds. The molecule has 228 valence electrons. The number of ketones is 1. The molecule has 1 saturated carbocycles. The maximum atomic E-state index is 15.9. The van der Waals surface area contributed by atoms with Crippen LogP contribution in [0.25, 0.3) is 11.1 Å². The van der Waals surface area contributed by atoms with E-state index in [-0.39, 0.29) is 17.0 Å². The summed E-state index contributed by atoms with van der Waals surface area (Å²) < 4.78 is 5.05. The molecule has 0 unspecified atom stereocenters. The Morgan fingerprint density at radius 2 is 0.936 bits per heavy atom. The van der Waals surface area contributed by atoms with Gasteiger partial charge in [-0.25, -0.2) is 9.69 Å². The van der Waals surface area contributed by atoms with Gasteiger partial charge in [-0.3, -0.25) is 14.4 Å². The van der Waals surface area contributed by atoms with Crippen LogP contribution in [0, 0.1) is 11.8 Å². The summed E-state index contributed by atoms with van der Waals surface area (Å²) in [6.07, 6.45) is 0. The zero-order valence-corrected chi connectivity index (χ0v) is 25.5. The number of imide groups is 1. The second-order valence-electron chi connectivity index (χ2n) is 12.1. The molecule has 2 aliphatic carbocycles. The molecule has 5 aromatic carbocycles. The van der Waals surface area contributed by atoms with E-state index in [1.54, 1.807) is 24.3 Å². The molecule has 1 saturated heterocycles. The van der Waals surface area contributed by atoms with E-state index in [0.29, 0.717) is 11.1 Å². The third-order valence-electron chi connectivity index (χ3n) is 10.1. The number of methoxy groups -OCH3 is 1. The van der Waals surface area contributed by atoms with Crippen molar-refractivity contribution in [2.45, 2.75) is 10.8 Å². The highest BCUT2D eigenvalue weighted by Crippen LogP contribution is 2.74. The molecular formula is C41H29NO5. The third kappa shape index (κ3) is 3.61. The Hall–Kier alpha value is -5.88. The second kappa shape index (κ2) is 10.6. The van der Waals surface area contributed by atoms with Crippen molar-refractivity contribution < 1.29 is 23.9 Å². The molecule has 5 aromatic rings. The zero-order chi connectivity index (χ0) is 32.3. The molecule has 6 heteroatoms. The number of hydrogen-bond donors (Lipinski definition) is 0. The highest BCUT2D eigenvalue weighted by molar-refractivity contribution is 6.39. The number of esters is 1. The third-order valence-corrected chi connectivity index (χ3v) is 10.1. The van der Waals surface area contributed by atoms with Crippen LogP contribution in [-0.2, 0) is 30.0 Å².